The lowest BCUT2D eigenvalue weighted by molar-refractivity contribution is 0.269. The van der Waals surface area contributed by atoms with Gasteiger partial charge in [0.1, 0.15) is 5.75 Å². The number of hydrogen-bond donors (Lipinski definition) is 1. The minimum atomic E-state index is -0.678. The third-order valence-electron chi connectivity index (χ3n) is 1.71. The van der Waals surface area contributed by atoms with Crippen LogP contribution in [0.5, 0.6) is 5.75 Å². The fourth-order valence-electron chi connectivity index (χ4n) is 1.03. The Kier molecular flexibility index (Phi) is 3.61. The summed E-state index contributed by atoms with van der Waals surface area (Å²) in [6.07, 6.45) is 0. The van der Waals surface area contributed by atoms with Crippen LogP contribution in [0.4, 0.5) is 10.5 Å². The molecule has 0 fully saturated rings. The molecule has 0 aliphatic rings. The molecule has 0 radical (unpaired) electrons. The molecule has 1 amide bonds. The monoisotopic (exact) mass is 233 g/mol. The van der Waals surface area contributed by atoms with Gasteiger partial charge in [-0.1, -0.05) is 11.6 Å². The zero-order chi connectivity index (χ0) is 10.7. The Bertz CT molecular complexity index is 366. The Balaban J connectivity index is 3.13. The highest BCUT2D eigenvalue weighted by molar-refractivity contribution is 6.65. The molecule has 0 unspecified atom stereocenters. The lowest BCUT2D eigenvalue weighted by Gasteiger charge is -2.10. The van der Waals surface area contributed by atoms with Crippen LogP contribution in [0.15, 0.2) is 12.1 Å². The van der Waals surface area contributed by atoms with E-state index in [-0.39, 0.29) is 0 Å². The Labute approximate surface area is 92.0 Å². The van der Waals surface area contributed by atoms with Crippen LogP contribution in [0.3, 0.4) is 0 Å². The maximum atomic E-state index is 10.6. The lowest BCUT2D eigenvalue weighted by Crippen LogP contribution is -2.03. The Hall–Kier alpha value is -0.930. The predicted octanol–water partition coefficient (Wildman–Crippen LogP) is 3.43. The first kappa shape index (κ1) is 11.1. The van der Waals surface area contributed by atoms with Crippen LogP contribution in [-0.4, -0.2) is 12.5 Å². The zero-order valence-corrected chi connectivity index (χ0v) is 9.24. The van der Waals surface area contributed by atoms with Crippen molar-refractivity contribution in [3.05, 3.63) is 22.7 Å². The number of amides is 1. The number of rotatable bonds is 2. The molecule has 1 N–H and O–H groups in total. The van der Waals surface area contributed by atoms with Crippen LogP contribution in [0.2, 0.25) is 5.02 Å². The first-order valence-corrected chi connectivity index (χ1v) is 4.61. The average molecular weight is 234 g/mol. The number of hydrogen-bond acceptors (Lipinski definition) is 2. The number of nitrogens with one attached hydrogen (secondary N) is 1. The second-order valence-electron chi connectivity index (χ2n) is 2.70. The number of carbonyl (C=O) groups is 1. The van der Waals surface area contributed by atoms with E-state index >= 15 is 0 Å². The molecule has 0 aliphatic heterocycles. The van der Waals surface area contributed by atoms with E-state index in [2.05, 4.69) is 5.32 Å². The molecule has 0 saturated heterocycles. The van der Waals surface area contributed by atoms with Crippen molar-refractivity contribution in [2.75, 3.05) is 12.4 Å². The summed E-state index contributed by atoms with van der Waals surface area (Å²) in [5.41, 5.74) is 1.33. The first-order chi connectivity index (χ1) is 6.54. The second kappa shape index (κ2) is 4.53. The van der Waals surface area contributed by atoms with Gasteiger partial charge in [-0.05, 0) is 36.2 Å². The largest absolute Gasteiger partial charge is 0.495 e. The van der Waals surface area contributed by atoms with Crippen molar-refractivity contribution in [3.63, 3.8) is 0 Å². The maximum absolute atomic E-state index is 10.6. The quantitative estimate of drug-likeness (QED) is 0.628. The zero-order valence-electron chi connectivity index (χ0n) is 7.73. The molecule has 0 heterocycles. The van der Waals surface area contributed by atoms with Crippen LogP contribution in [0, 0.1) is 6.92 Å². The van der Waals surface area contributed by atoms with Gasteiger partial charge < -0.3 is 10.1 Å². The highest BCUT2D eigenvalue weighted by Crippen LogP contribution is 2.30. The molecule has 1 rings (SSSR count). The normalized spacial score (nSPS) is 9.71. The topological polar surface area (TPSA) is 38.3 Å². The summed E-state index contributed by atoms with van der Waals surface area (Å²) in [7, 11) is 1.51. The van der Waals surface area contributed by atoms with E-state index in [0.717, 1.165) is 5.56 Å². The van der Waals surface area contributed by atoms with E-state index in [1.165, 1.54) is 7.11 Å². The number of halogens is 2. The summed E-state index contributed by atoms with van der Waals surface area (Å²) in [6.45, 7) is 1.84. The molecule has 5 heteroatoms. The number of aryl methyl sites for hydroxylation is 1. The van der Waals surface area contributed by atoms with Gasteiger partial charge in [0.05, 0.1) is 12.8 Å². The maximum Gasteiger partial charge on any atom is 0.318 e. The number of ether oxygens (including phenoxy) is 1. The van der Waals surface area contributed by atoms with Gasteiger partial charge in [-0.25, -0.2) is 0 Å². The van der Waals surface area contributed by atoms with Gasteiger partial charge in [-0.2, -0.15) is 0 Å². The number of benzene rings is 1. The van der Waals surface area contributed by atoms with Crippen molar-refractivity contribution < 1.29 is 9.53 Å². The van der Waals surface area contributed by atoms with Crippen molar-refractivity contribution in [1.29, 1.82) is 0 Å². The molecule has 76 valence electrons. The summed E-state index contributed by atoms with van der Waals surface area (Å²) in [5, 5.41) is 2.28. The van der Waals surface area contributed by atoms with E-state index < -0.39 is 5.37 Å². The fraction of sp³-hybridized carbons (Fsp3) is 0.222. The van der Waals surface area contributed by atoms with E-state index in [9.17, 15) is 4.79 Å². The Morgan fingerprint density at radius 2 is 2.14 bits per heavy atom. The standard InChI is InChI=1S/C9H9Cl2NO2/c1-5-3-8(14-2)7(4-6(5)10)12-9(11)13/h3-4H,1-2H3,(H,12,13). The van der Waals surface area contributed by atoms with E-state index in [1.807, 2.05) is 6.92 Å². The van der Waals surface area contributed by atoms with E-state index in [4.69, 9.17) is 27.9 Å². The van der Waals surface area contributed by atoms with Gasteiger partial charge >= 0.3 is 5.37 Å². The molecule has 0 bridgehead atoms. The van der Waals surface area contributed by atoms with Crippen molar-refractivity contribution in [1.82, 2.24) is 0 Å². The Morgan fingerprint density at radius 1 is 1.50 bits per heavy atom. The van der Waals surface area contributed by atoms with Crippen molar-refractivity contribution in [3.8, 4) is 5.75 Å². The number of methoxy groups -OCH3 is 1. The van der Waals surface area contributed by atoms with Gasteiger partial charge in [0.2, 0.25) is 0 Å². The van der Waals surface area contributed by atoms with Crippen molar-refractivity contribution in [2.45, 2.75) is 6.92 Å². The molecule has 3 nitrogen and oxygen atoms in total. The molecule has 1 aromatic rings. The highest BCUT2D eigenvalue weighted by Gasteiger charge is 2.08. The summed E-state index contributed by atoms with van der Waals surface area (Å²) in [6, 6.07) is 3.32. The van der Waals surface area contributed by atoms with Crippen LogP contribution < -0.4 is 10.1 Å². The third-order valence-corrected chi connectivity index (χ3v) is 2.22. The molecule has 0 aliphatic carbocycles. The van der Waals surface area contributed by atoms with Crippen LogP contribution in [-0.2, 0) is 0 Å². The average Bonchev–Trinajstić information content (AvgIpc) is 2.10. The van der Waals surface area contributed by atoms with Gasteiger partial charge in [0.15, 0.2) is 0 Å². The van der Waals surface area contributed by atoms with Gasteiger partial charge in [0.25, 0.3) is 0 Å². The molecular weight excluding hydrogens is 225 g/mol. The van der Waals surface area contributed by atoms with Gasteiger partial charge in [0, 0.05) is 5.02 Å². The van der Waals surface area contributed by atoms with Crippen molar-refractivity contribution in [2.24, 2.45) is 0 Å². The smallest absolute Gasteiger partial charge is 0.318 e. The molecule has 0 spiro atoms. The van der Waals surface area contributed by atoms with Gasteiger partial charge in [-0.3, -0.25) is 4.79 Å². The SMILES string of the molecule is COc1cc(C)c(Cl)cc1NC(=O)Cl. The minimum Gasteiger partial charge on any atom is -0.495 e. The first-order valence-electron chi connectivity index (χ1n) is 3.85. The molecule has 0 aromatic heterocycles. The van der Waals surface area contributed by atoms with Crippen LogP contribution in [0.25, 0.3) is 0 Å². The minimum absolute atomic E-state index is 0.461. The third kappa shape index (κ3) is 2.53. The van der Waals surface area contributed by atoms with Crippen molar-refractivity contribution >= 4 is 34.3 Å². The summed E-state index contributed by atoms with van der Waals surface area (Å²) >= 11 is 11.1. The molecular formula is C9H9Cl2NO2. The predicted molar refractivity (Wildman–Crippen MR) is 57.6 cm³/mol. The number of anilines is 1. The summed E-state index contributed by atoms with van der Waals surface area (Å²) < 4.78 is 5.05. The van der Waals surface area contributed by atoms with Gasteiger partial charge in [-0.15, -0.1) is 0 Å². The molecule has 14 heavy (non-hydrogen) atoms. The Morgan fingerprint density at radius 3 is 2.64 bits per heavy atom. The number of carbonyl (C=O) groups excluding carboxylic acids is 1. The van der Waals surface area contributed by atoms with Crippen LogP contribution >= 0.6 is 23.2 Å². The highest BCUT2D eigenvalue weighted by atomic mass is 35.5. The molecule has 1 aromatic carbocycles. The molecule has 0 atom stereocenters. The second-order valence-corrected chi connectivity index (χ2v) is 3.45. The molecule has 0 saturated carbocycles. The fourth-order valence-corrected chi connectivity index (χ4v) is 1.29. The van der Waals surface area contributed by atoms with E-state index in [1.54, 1.807) is 12.1 Å². The van der Waals surface area contributed by atoms with Crippen LogP contribution in [0.1, 0.15) is 5.56 Å². The summed E-state index contributed by atoms with van der Waals surface area (Å²) in [4.78, 5) is 10.6. The summed E-state index contributed by atoms with van der Waals surface area (Å²) in [5.74, 6) is 0.529. The van der Waals surface area contributed by atoms with E-state index in [0.29, 0.717) is 16.5 Å². The lowest BCUT2D eigenvalue weighted by atomic mass is 10.2.